The Labute approximate surface area is 182 Å². The highest BCUT2D eigenvalue weighted by molar-refractivity contribution is 6.24. The predicted molar refractivity (Wildman–Crippen MR) is 123 cm³/mol. The van der Waals surface area contributed by atoms with Crippen molar-refractivity contribution in [1.82, 2.24) is 5.32 Å². The molecule has 0 aromatic rings. The zero-order valence-electron chi connectivity index (χ0n) is 19.7. The van der Waals surface area contributed by atoms with Gasteiger partial charge in [-0.05, 0) is 50.9 Å². The minimum atomic E-state index is -0.394. The number of carbonyl (C=O) groups is 2. The topological polar surface area (TPSA) is 66.4 Å². The van der Waals surface area contributed by atoms with Gasteiger partial charge in [-0.3, -0.25) is 9.59 Å². The van der Waals surface area contributed by atoms with Crippen LogP contribution in [0.25, 0.3) is 0 Å². The van der Waals surface area contributed by atoms with Crippen LogP contribution in [-0.4, -0.2) is 23.2 Å². The molecule has 0 saturated heterocycles. The van der Waals surface area contributed by atoms with Crippen molar-refractivity contribution < 1.29 is 14.7 Å². The third-order valence-corrected chi connectivity index (χ3v) is 6.06. The Morgan fingerprint density at radius 3 is 2.47 bits per heavy atom. The predicted octanol–water partition coefficient (Wildman–Crippen LogP) is 5.97. The quantitative estimate of drug-likeness (QED) is 0.292. The van der Waals surface area contributed by atoms with Gasteiger partial charge < -0.3 is 10.4 Å². The maximum atomic E-state index is 13.7. The molecule has 2 aliphatic rings. The summed E-state index contributed by atoms with van der Waals surface area (Å²) in [7, 11) is 0. The standard InChI is InChI=1S/C26H39NO3/c1-8-9-10-11-19-22(27-15-26(5,6)7)24(29)21(25(30)23(19)28)20-14-17(4)12-13-18(20)16(2)3/h14,18,20,27,30H,2,8-13,15H2,1,3-7H3/t18-,20+/m0/s1. The van der Waals surface area contributed by atoms with E-state index in [1.54, 1.807) is 0 Å². The first-order valence-electron chi connectivity index (χ1n) is 11.3. The fourth-order valence-corrected chi connectivity index (χ4v) is 4.30. The molecule has 0 heterocycles. The largest absolute Gasteiger partial charge is 0.504 e. The van der Waals surface area contributed by atoms with Crippen LogP contribution in [0.2, 0.25) is 0 Å². The van der Waals surface area contributed by atoms with Crippen molar-refractivity contribution in [2.24, 2.45) is 17.3 Å². The van der Waals surface area contributed by atoms with E-state index in [0.717, 1.165) is 37.7 Å². The number of rotatable bonds is 8. The van der Waals surface area contributed by atoms with Crippen molar-refractivity contribution in [2.45, 2.75) is 80.1 Å². The van der Waals surface area contributed by atoms with Crippen LogP contribution in [0.4, 0.5) is 0 Å². The monoisotopic (exact) mass is 413 g/mol. The molecule has 0 fully saturated rings. The summed E-state index contributed by atoms with van der Waals surface area (Å²) in [5, 5.41) is 14.2. The van der Waals surface area contributed by atoms with Crippen molar-refractivity contribution in [3.05, 3.63) is 46.4 Å². The third kappa shape index (κ3) is 5.53. The molecule has 2 N–H and O–H groups in total. The molecule has 0 aliphatic heterocycles. The van der Waals surface area contributed by atoms with Gasteiger partial charge in [-0.1, -0.05) is 64.3 Å². The number of aliphatic hydroxyl groups excluding tert-OH is 1. The summed E-state index contributed by atoms with van der Waals surface area (Å²) >= 11 is 0. The fourth-order valence-electron chi connectivity index (χ4n) is 4.30. The van der Waals surface area contributed by atoms with Crippen LogP contribution in [0.3, 0.4) is 0 Å². The molecule has 2 atom stereocenters. The Hall–Kier alpha value is -2.10. The Kier molecular flexibility index (Phi) is 7.90. The van der Waals surface area contributed by atoms with Gasteiger partial charge in [0.05, 0.1) is 11.3 Å². The smallest absolute Gasteiger partial charge is 0.225 e. The summed E-state index contributed by atoms with van der Waals surface area (Å²) < 4.78 is 0. The number of unbranched alkanes of at least 4 members (excludes halogenated alkanes) is 2. The minimum absolute atomic E-state index is 0.0458. The van der Waals surface area contributed by atoms with Gasteiger partial charge in [-0.25, -0.2) is 0 Å². The molecule has 0 saturated carbocycles. The van der Waals surface area contributed by atoms with Crippen molar-refractivity contribution in [3.8, 4) is 0 Å². The molecule has 30 heavy (non-hydrogen) atoms. The molecule has 4 nitrogen and oxygen atoms in total. The molecule has 2 aliphatic carbocycles. The zero-order chi connectivity index (χ0) is 22.6. The van der Waals surface area contributed by atoms with Crippen molar-refractivity contribution >= 4 is 11.6 Å². The lowest BCUT2D eigenvalue weighted by molar-refractivity contribution is -0.119. The number of ketones is 2. The average Bonchev–Trinajstić information content (AvgIpc) is 2.64. The van der Waals surface area contributed by atoms with Crippen LogP contribution in [0.5, 0.6) is 0 Å². The molecule has 0 amide bonds. The summed E-state index contributed by atoms with van der Waals surface area (Å²) in [5.74, 6) is -1.25. The number of nitrogens with one attached hydrogen (secondary N) is 1. The van der Waals surface area contributed by atoms with E-state index in [1.165, 1.54) is 5.57 Å². The van der Waals surface area contributed by atoms with Crippen LogP contribution in [0, 0.1) is 17.3 Å². The van der Waals surface area contributed by atoms with E-state index >= 15 is 0 Å². The lowest BCUT2D eigenvalue weighted by atomic mass is 9.70. The van der Waals surface area contributed by atoms with Gasteiger partial charge in [0, 0.05) is 18.0 Å². The van der Waals surface area contributed by atoms with Gasteiger partial charge in [0.25, 0.3) is 0 Å². The molecule has 0 radical (unpaired) electrons. The number of aliphatic hydroxyl groups is 1. The summed E-state index contributed by atoms with van der Waals surface area (Å²) in [5.41, 5.74) is 3.17. The van der Waals surface area contributed by atoms with Crippen LogP contribution in [0.15, 0.2) is 46.4 Å². The van der Waals surface area contributed by atoms with Crippen molar-refractivity contribution in [3.63, 3.8) is 0 Å². The third-order valence-electron chi connectivity index (χ3n) is 6.06. The highest BCUT2D eigenvalue weighted by atomic mass is 16.3. The van der Waals surface area contributed by atoms with Crippen LogP contribution in [-0.2, 0) is 9.59 Å². The van der Waals surface area contributed by atoms with E-state index < -0.39 is 5.78 Å². The molecular weight excluding hydrogens is 374 g/mol. The second kappa shape index (κ2) is 9.80. The van der Waals surface area contributed by atoms with E-state index in [1.807, 2.05) is 19.9 Å². The van der Waals surface area contributed by atoms with Gasteiger partial charge in [0.2, 0.25) is 11.6 Å². The van der Waals surface area contributed by atoms with E-state index in [0.29, 0.717) is 24.2 Å². The Bertz CT molecular complexity index is 805. The highest BCUT2D eigenvalue weighted by Gasteiger charge is 2.41. The molecular formula is C26H39NO3. The van der Waals surface area contributed by atoms with E-state index in [4.69, 9.17) is 0 Å². The molecule has 0 unspecified atom stereocenters. The SMILES string of the molecule is C=C(C)[C@@H]1CCC(C)=C[C@H]1C1=C(O)C(=O)C(CCCCC)=C(NCC(C)(C)C)C1=O. The molecule has 0 aromatic carbocycles. The zero-order valence-corrected chi connectivity index (χ0v) is 19.7. The minimum Gasteiger partial charge on any atom is -0.504 e. The first-order chi connectivity index (χ1) is 14.0. The van der Waals surface area contributed by atoms with Gasteiger partial charge in [-0.2, -0.15) is 0 Å². The maximum absolute atomic E-state index is 13.7. The molecule has 4 heteroatoms. The van der Waals surface area contributed by atoms with Crippen molar-refractivity contribution in [2.75, 3.05) is 6.54 Å². The summed E-state index contributed by atoms with van der Waals surface area (Å²) in [6.45, 7) is 17.1. The normalized spacial score (nSPS) is 23.1. The molecule has 0 spiro atoms. The molecule has 2 rings (SSSR count). The first-order valence-corrected chi connectivity index (χ1v) is 11.3. The first kappa shape index (κ1) is 24.2. The fraction of sp³-hybridized carbons (Fsp3) is 0.615. The summed E-state index contributed by atoms with van der Waals surface area (Å²) in [6, 6.07) is 0. The maximum Gasteiger partial charge on any atom is 0.225 e. The van der Waals surface area contributed by atoms with Gasteiger partial charge in [0.1, 0.15) is 0 Å². The second-order valence-electron chi connectivity index (χ2n) is 10.2. The van der Waals surface area contributed by atoms with Crippen LogP contribution >= 0.6 is 0 Å². The molecule has 0 bridgehead atoms. The molecule has 0 aromatic heterocycles. The molecule has 166 valence electrons. The Morgan fingerprint density at radius 2 is 1.90 bits per heavy atom. The summed E-state index contributed by atoms with van der Waals surface area (Å²) in [6.07, 6.45) is 7.20. The van der Waals surface area contributed by atoms with Crippen molar-refractivity contribution in [1.29, 1.82) is 0 Å². The number of Topliss-reactive ketones (excluding diaryl/α,β-unsaturated/α-hetero) is 2. The highest BCUT2D eigenvalue weighted by Crippen LogP contribution is 2.41. The van der Waals surface area contributed by atoms with Gasteiger partial charge in [-0.15, -0.1) is 0 Å². The number of carbonyl (C=O) groups excluding carboxylic acids is 2. The van der Waals surface area contributed by atoms with Crippen LogP contribution in [0.1, 0.15) is 80.1 Å². The number of hydrogen-bond acceptors (Lipinski definition) is 4. The lowest BCUT2D eigenvalue weighted by Gasteiger charge is -2.34. The summed E-state index contributed by atoms with van der Waals surface area (Å²) in [4.78, 5) is 26.9. The number of hydrogen-bond donors (Lipinski definition) is 2. The number of allylic oxidation sites excluding steroid dienone is 5. The van der Waals surface area contributed by atoms with Gasteiger partial charge >= 0.3 is 0 Å². The van der Waals surface area contributed by atoms with Gasteiger partial charge in [0.15, 0.2) is 5.76 Å². The van der Waals surface area contributed by atoms with E-state index in [-0.39, 0.29) is 34.4 Å². The van der Waals surface area contributed by atoms with E-state index in [9.17, 15) is 14.7 Å². The lowest BCUT2D eigenvalue weighted by Crippen LogP contribution is -2.38. The van der Waals surface area contributed by atoms with Crippen LogP contribution < -0.4 is 5.32 Å². The second-order valence-corrected chi connectivity index (χ2v) is 10.2. The van der Waals surface area contributed by atoms with E-state index in [2.05, 4.69) is 39.6 Å². The Morgan fingerprint density at radius 1 is 1.23 bits per heavy atom. The average molecular weight is 414 g/mol. The Balaban J connectivity index is 2.51.